The first kappa shape index (κ1) is 23.0. The zero-order valence-electron chi connectivity index (χ0n) is 14.9. The van der Waals surface area contributed by atoms with Crippen molar-refractivity contribution in [2.45, 2.75) is 49.9 Å². The Morgan fingerprint density at radius 1 is 0.818 bits per heavy atom. The number of halogens is 2. The van der Waals surface area contributed by atoms with Gasteiger partial charge in [0.2, 0.25) is 0 Å². The van der Waals surface area contributed by atoms with Crippen LogP contribution in [0, 0.1) is 11.8 Å². The third-order valence-electron chi connectivity index (χ3n) is 5.12. The Bertz CT molecular complexity index is 565. The molecule has 0 atom stereocenters. The van der Waals surface area contributed by atoms with E-state index in [1.807, 2.05) is 6.66 Å². The van der Waals surface area contributed by atoms with E-state index in [2.05, 4.69) is 68.3 Å². The van der Waals surface area contributed by atoms with Gasteiger partial charge in [-0.1, -0.05) is 0 Å². The minimum absolute atomic E-state index is 0. The van der Waals surface area contributed by atoms with Crippen molar-refractivity contribution in [3.63, 3.8) is 0 Å². The van der Waals surface area contributed by atoms with E-state index >= 15 is 0 Å². The summed E-state index contributed by atoms with van der Waals surface area (Å²) in [7, 11) is 0. The molecule has 0 N–H and O–H groups in total. The number of allylic oxidation sites excluding steroid dienone is 8. The van der Waals surface area contributed by atoms with Crippen molar-refractivity contribution >= 4 is 40.9 Å². The molecule has 22 heavy (non-hydrogen) atoms. The first-order valence-corrected chi connectivity index (χ1v) is 27.1. The summed E-state index contributed by atoms with van der Waals surface area (Å²) < 4.78 is 9.05. The third kappa shape index (κ3) is 4.15. The van der Waals surface area contributed by atoms with Crippen molar-refractivity contribution < 1.29 is 17.1 Å². The van der Waals surface area contributed by atoms with Crippen molar-refractivity contribution in [2.24, 2.45) is 11.8 Å². The van der Waals surface area contributed by atoms with Gasteiger partial charge in [-0.25, -0.2) is 0 Å². The van der Waals surface area contributed by atoms with Gasteiger partial charge in [-0.05, 0) is 0 Å². The van der Waals surface area contributed by atoms with Crippen LogP contribution >= 0.6 is 34.0 Å². The summed E-state index contributed by atoms with van der Waals surface area (Å²) in [6, 6.07) is 0. The third-order valence-corrected chi connectivity index (χ3v) is 29.6. The SMILES string of the molecule is Br.Br.CC(C)C1=[C]([Hf]([CH3])([CH3])(=[SiH2])[C]2=C(C(C)C)C=CC2)CC=C1. The molecule has 0 amide bonds. The molecule has 0 aromatic rings. The second-order valence-corrected chi connectivity index (χ2v) is 49.1. The fraction of sp³-hybridized carbons (Fsp3) is 0.556. The number of hydrogen-bond donors (Lipinski definition) is 0. The molecule has 0 unspecified atom stereocenters. The average molecular weight is 615 g/mol. The van der Waals surface area contributed by atoms with E-state index in [0.29, 0.717) is 11.8 Å². The zero-order valence-corrected chi connectivity index (χ0v) is 23.3. The molecule has 126 valence electrons. The molecule has 0 fully saturated rings. The second kappa shape index (κ2) is 7.92. The van der Waals surface area contributed by atoms with Crippen LogP contribution in [0.2, 0.25) is 9.36 Å². The molecular weight excluding hydrogens is 583 g/mol. The van der Waals surface area contributed by atoms with Gasteiger partial charge in [-0.3, -0.25) is 0 Å². The molecule has 0 aromatic heterocycles. The van der Waals surface area contributed by atoms with Crippen LogP contribution in [0.4, 0.5) is 0 Å². The summed E-state index contributed by atoms with van der Waals surface area (Å²) in [5, 5.41) is 0. The molecule has 0 radical (unpaired) electrons. The van der Waals surface area contributed by atoms with Gasteiger partial charge >= 0.3 is 128 Å². The van der Waals surface area contributed by atoms with Crippen LogP contribution in [0.1, 0.15) is 40.5 Å². The summed E-state index contributed by atoms with van der Waals surface area (Å²) in [6.07, 6.45) is 12.1. The topological polar surface area (TPSA) is 0 Å². The van der Waals surface area contributed by atoms with Crippen LogP contribution in [0.25, 0.3) is 0 Å². The van der Waals surface area contributed by atoms with Crippen LogP contribution in [0.3, 0.4) is 0 Å². The molecule has 4 heteroatoms. The van der Waals surface area contributed by atoms with E-state index < -0.39 is 17.1 Å². The van der Waals surface area contributed by atoms with Crippen LogP contribution in [0.5, 0.6) is 0 Å². The van der Waals surface area contributed by atoms with Gasteiger partial charge in [-0.2, -0.15) is 0 Å². The van der Waals surface area contributed by atoms with Gasteiger partial charge in [0.05, 0.1) is 0 Å². The molecule has 0 saturated carbocycles. The first-order valence-electron chi connectivity index (χ1n) is 8.01. The van der Waals surface area contributed by atoms with Gasteiger partial charge < -0.3 is 0 Å². The molecular formula is C18H32Br2HfSi. The summed E-state index contributed by atoms with van der Waals surface area (Å²) >= 11 is -3.06. The standard InChI is InChI=1S/2C8H11.2CH3.2BrH.Hf.H2Si/c2*1-7(2)8-5-3-4-6-8;;;;;;/h2*3,5,7H,4H2,1-2H3;2*1H3;2*1H;;1H2. The summed E-state index contributed by atoms with van der Waals surface area (Å²) in [6.45, 7) is 11.8. The van der Waals surface area contributed by atoms with E-state index in [4.69, 9.17) is 0 Å². The summed E-state index contributed by atoms with van der Waals surface area (Å²) in [4.78, 5) is 0. The first-order chi connectivity index (χ1) is 9.13. The maximum absolute atomic E-state index is 3.06. The van der Waals surface area contributed by atoms with Crippen molar-refractivity contribution in [1.29, 1.82) is 0 Å². The van der Waals surface area contributed by atoms with Gasteiger partial charge in [-0.15, -0.1) is 34.0 Å². The molecule has 0 saturated heterocycles. The molecule has 2 aliphatic rings. The Balaban J connectivity index is 0.00000220. The second-order valence-electron chi connectivity index (χ2n) is 8.08. The fourth-order valence-corrected chi connectivity index (χ4v) is 25.8. The Morgan fingerprint density at radius 3 is 1.41 bits per heavy atom. The molecule has 0 heterocycles. The van der Waals surface area contributed by atoms with Crippen LogP contribution in [-0.2, 0) is 17.1 Å². The van der Waals surface area contributed by atoms with Crippen LogP contribution in [-0.4, -0.2) is 6.94 Å². The number of hydrogen-bond acceptors (Lipinski definition) is 0. The Hall–Kier alpha value is 1.01. The van der Waals surface area contributed by atoms with Gasteiger partial charge in [0.1, 0.15) is 0 Å². The molecule has 0 bridgehead atoms. The van der Waals surface area contributed by atoms with Crippen LogP contribution in [0.15, 0.2) is 42.1 Å². The molecule has 0 nitrogen and oxygen atoms in total. The maximum atomic E-state index is 2.67. The fourth-order valence-electron chi connectivity index (χ4n) is 3.89. The molecule has 0 aliphatic heterocycles. The Kier molecular flexibility index (Phi) is 8.29. The average Bonchev–Trinajstić information content (AvgIpc) is 2.98. The van der Waals surface area contributed by atoms with Crippen molar-refractivity contribution in [1.82, 2.24) is 0 Å². The molecule has 2 rings (SSSR count). The Morgan fingerprint density at radius 2 is 1.14 bits per heavy atom. The van der Waals surface area contributed by atoms with Gasteiger partial charge in [0, 0.05) is 0 Å². The van der Waals surface area contributed by atoms with Gasteiger partial charge in [0.25, 0.3) is 0 Å². The van der Waals surface area contributed by atoms with E-state index in [9.17, 15) is 0 Å². The predicted octanol–water partition coefficient (Wildman–Crippen LogP) is 6.22. The van der Waals surface area contributed by atoms with E-state index in [1.165, 1.54) is 12.8 Å². The summed E-state index contributed by atoms with van der Waals surface area (Å²) in [5.74, 6) is 1.34. The molecule has 0 aromatic carbocycles. The van der Waals surface area contributed by atoms with Crippen LogP contribution < -0.4 is 0 Å². The van der Waals surface area contributed by atoms with Crippen molar-refractivity contribution in [3.05, 3.63) is 42.1 Å². The van der Waals surface area contributed by atoms with Crippen molar-refractivity contribution in [2.75, 3.05) is 0 Å². The zero-order chi connectivity index (χ0) is 15.2. The monoisotopic (exact) mass is 614 g/mol. The predicted molar refractivity (Wildman–Crippen MR) is 112 cm³/mol. The molecule has 0 spiro atoms. The Labute approximate surface area is 160 Å². The quantitative estimate of drug-likeness (QED) is 0.330. The van der Waals surface area contributed by atoms with Gasteiger partial charge in [0.15, 0.2) is 0 Å². The number of rotatable bonds is 4. The summed E-state index contributed by atoms with van der Waals surface area (Å²) in [5.41, 5.74) is 3.31. The van der Waals surface area contributed by atoms with E-state index in [-0.39, 0.29) is 34.0 Å². The van der Waals surface area contributed by atoms with E-state index in [0.717, 1.165) is 0 Å². The minimum atomic E-state index is -3.06. The molecule has 2 aliphatic carbocycles. The normalized spacial score (nSPS) is 18.4. The van der Waals surface area contributed by atoms with E-state index in [1.54, 1.807) is 11.1 Å². The van der Waals surface area contributed by atoms with Crippen molar-refractivity contribution in [3.8, 4) is 0 Å².